The third kappa shape index (κ3) is 2.45. The van der Waals surface area contributed by atoms with Gasteiger partial charge in [0.05, 0.1) is 18.5 Å². The van der Waals surface area contributed by atoms with Crippen LogP contribution in [0.1, 0.15) is 29.3 Å². The lowest BCUT2D eigenvalue weighted by Crippen LogP contribution is -2.48. The first-order valence-electron chi connectivity index (χ1n) is 8.94. The van der Waals surface area contributed by atoms with Gasteiger partial charge in [0.1, 0.15) is 22.6 Å². The van der Waals surface area contributed by atoms with E-state index in [-0.39, 0.29) is 5.60 Å². The molecule has 1 atom stereocenters. The van der Waals surface area contributed by atoms with Crippen LogP contribution in [0.3, 0.4) is 0 Å². The van der Waals surface area contributed by atoms with Crippen LogP contribution in [0, 0.1) is 0 Å². The lowest BCUT2D eigenvalue weighted by molar-refractivity contribution is -0.0467. The van der Waals surface area contributed by atoms with Gasteiger partial charge in [-0.05, 0) is 37.3 Å². The first-order valence-corrected chi connectivity index (χ1v) is 9.76. The first-order chi connectivity index (χ1) is 12.2. The normalized spacial score (nSPS) is 23.2. The number of thiophene rings is 1. The Balaban J connectivity index is 1.57. The Labute approximate surface area is 151 Å². The predicted molar refractivity (Wildman–Crippen MR) is 101 cm³/mol. The highest BCUT2D eigenvalue weighted by Gasteiger charge is 2.35. The molecule has 0 spiro atoms. The maximum absolute atomic E-state index is 6.21. The number of nitrogens with zero attached hydrogens (tertiary/aromatic N) is 3. The van der Waals surface area contributed by atoms with Crippen molar-refractivity contribution in [1.82, 2.24) is 9.97 Å². The standard InChI is InChI=1S/C20H21N3OS/c1-20(14-6-3-2-4-7-14)12-23(10-11-24-20)18-17-15-8-5-9-16(15)25-19(17)22-13-21-18/h2-4,6-7,13H,5,8-12H2,1H3. The van der Waals surface area contributed by atoms with Gasteiger partial charge in [0, 0.05) is 11.4 Å². The van der Waals surface area contributed by atoms with E-state index in [1.807, 2.05) is 11.3 Å². The van der Waals surface area contributed by atoms with Crippen molar-refractivity contribution in [2.75, 3.05) is 24.6 Å². The number of ether oxygens (including phenoxy) is 1. The lowest BCUT2D eigenvalue weighted by Gasteiger charge is -2.41. The van der Waals surface area contributed by atoms with Crippen molar-refractivity contribution in [2.45, 2.75) is 31.8 Å². The fraction of sp³-hybridized carbons (Fsp3) is 0.400. The molecule has 4 nitrogen and oxygen atoms in total. The van der Waals surface area contributed by atoms with Crippen LogP contribution >= 0.6 is 11.3 Å². The van der Waals surface area contributed by atoms with E-state index < -0.39 is 0 Å². The molecule has 0 radical (unpaired) electrons. The van der Waals surface area contributed by atoms with Gasteiger partial charge in [-0.15, -0.1) is 11.3 Å². The van der Waals surface area contributed by atoms with Crippen LogP contribution in [0.25, 0.3) is 10.2 Å². The summed E-state index contributed by atoms with van der Waals surface area (Å²) >= 11 is 1.85. The third-order valence-electron chi connectivity index (χ3n) is 5.44. The summed E-state index contributed by atoms with van der Waals surface area (Å²) in [5.74, 6) is 1.09. The van der Waals surface area contributed by atoms with Crippen molar-refractivity contribution >= 4 is 27.4 Å². The van der Waals surface area contributed by atoms with E-state index in [1.54, 1.807) is 6.33 Å². The van der Waals surface area contributed by atoms with Gasteiger partial charge in [0.2, 0.25) is 0 Å². The molecule has 128 valence electrons. The Morgan fingerprint density at radius 1 is 1.16 bits per heavy atom. The number of morpholine rings is 1. The molecular weight excluding hydrogens is 330 g/mol. The van der Waals surface area contributed by atoms with Gasteiger partial charge in [-0.1, -0.05) is 30.3 Å². The number of aryl methyl sites for hydroxylation is 2. The Bertz CT molecular complexity index is 923. The molecule has 1 fully saturated rings. The monoisotopic (exact) mass is 351 g/mol. The molecule has 5 heteroatoms. The molecule has 0 amide bonds. The van der Waals surface area contributed by atoms with Crippen LogP contribution in [0.5, 0.6) is 0 Å². The fourth-order valence-electron chi connectivity index (χ4n) is 4.17. The number of hydrogen-bond acceptors (Lipinski definition) is 5. The minimum atomic E-state index is -0.310. The number of fused-ring (bicyclic) bond motifs is 3. The third-order valence-corrected chi connectivity index (χ3v) is 6.64. The second kappa shape index (κ2) is 5.78. The smallest absolute Gasteiger partial charge is 0.141 e. The Morgan fingerprint density at radius 2 is 2.04 bits per heavy atom. The van der Waals surface area contributed by atoms with Crippen molar-refractivity contribution in [2.24, 2.45) is 0 Å². The predicted octanol–water partition coefficient (Wildman–Crippen LogP) is 3.93. The summed E-state index contributed by atoms with van der Waals surface area (Å²) in [6.07, 6.45) is 5.34. The van der Waals surface area contributed by atoms with E-state index in [0.717, 1.165) is 30.2 Å². The molecule has 3 aromatic rings. The molecule has 1 unspecified atom stereocenters. The minimum absolute atomic E-state index is 0.310. The Kier molecular flexibility index (Phi) is 3.54. The molecule has 1 aliphatic heterocycles. The summed E-state index contributed by atoms with van der Waals surface area (Å²) in [4.78, 5) is 14.3. The molecule has 25 heavy (non-hydrogen) atoms. The first kappa shape index (κ1) is 15.3. The van der Waals surface area contributed by atoms with Gasteiger partial charge >= 0.3 is 0 Å². The van der Waals surface area contributed by atoms with E-state index in [0.29, 0.717) is 6.61 Å². The van der Waals surface area contributed by atoms with Gasteiger partial charge in [-0.3, -0.25) is 0 Å². The van der Waals surface area contributed by atoms with Gasteiger partial charge in [0.15, 0.2) is 0 Å². The summed E-state index contributed by atoms with van der Waals surface area (Å²) in [7, 11) is 0. The number of aromatic nitrogens is 2. The van der Waals surface area contributed by atoms with Crippen LogP contribution in [0.15, 0.2) is 36.7 Å². The second-order valence-corrected chi connectivity index (χ2v) is 8.19. The maximum atomic E-state index is 6.21. The van der Waals surface area contributed by atoms with Crippen LogP contribution in [-0.2, 0) is 23.2 Å². The minimum Gasteiger partial charge on any atom is -0.367 e. The fourth-order valence-corrected chi connectivity index (χ4v) is 5.39. The zero-order valence-electron chi connectivity index (χ0n) is 14.4. The highest BCUT2D eigenvalue weighted by atomic mass is 32.1. The highest BCUT2D eigenvalue weighted by Crippen LogP contribution is 2.41. The molecule has 2 aliphatic rings. The highest BCUT2D eigenvalue weighted by molar-refractivity contribution is 7.19. The van der Waals surface area contributed by atoms with Crippen molar-refractivity contribution in [3.8, 4) is 0 Å². The topological polar surface area (TPSA) is 38.2 Å². The molecule has 5 rings (SSSR count). The van der Waals surface area contributed by atoms with Crippen LogP contribution < -0.4 is 4.90 Å². The molecular formula is C20H21N3OS. The average molecular weight is 351 g/mol. The summed E-state index contributed by atoms with van der Waals surface area (Å²) in [5, 5.41) is 1.29. The van der Waals surface area contributed by atoms with Gasteiger partial charge in [-0.2, -0.15) is 0 Å². The van der Waals surface area contributed by atoms with Gasteiger partial charge in [0.25, 0.3) is 0 Å². The summed E-state index contributed by atoms with van der Waals surface area (Å²) in [6.45, 7) is 4.58. The summed E-state index contributed by atoms with van der Waals surface area (Å²) in [5.41, 5.74) is 2.40. The Morgan fingerprint density at radius 3 is 2.92 bits per heavy atom. The zero-order chi connectivity index (χ0) is 16.9. The van der Waals surface area contributed by atoms with Crippen molar-refractivity contribution in [3.05, 3.63) is 52.7 Å². The molecule has 0 saturated carbocycles. The summed E-state index contributed by atoms with van der Waals surface area (Å²) < 4.78 is 6.21. The van der Waals surface area contributed by atoms with Crippen molar-refractivity contribution in [1.29, 1.82) is 0 Å². The number of benzene rings is 1. The van der Waals surface area contributed by atoms with Crippen LogP contribution in [0.4, 0.5) is 5.82 Å². The zero-order valence-corrected chi connectivity index (χ0v) is 15.2. The van der Waals surface area contributed by atoms with E-state index in [1.165, 1.54) is 34.2 Å². The van der Waals surface area contributed by atoms with Gasteiger partial charge < -0.3 is 9.64 Å². The molecule has 3 heterocycles. The SMILES string of the molecule is CC1(c2ccccc2)CN(c2ncnc3sc4c(c23)CCC4)CCO1. The van der Waals surface area contributed by atoms with Crippen LogP contribution in [0.2, 0.25) is 0 Å². The molecule has 0 bridgehead atoms. The lowest BCUT2D eigenvalue weighted by atomic mass is 9.93. The van der Waals surface area contributed by atoms with E-state index in [9.17, 15) is 0 Å². The van der Waals surface area contributed by atoms with Crippen molar-refractivity contribution < 1.29 is 4.74 Å². The Hall–Kier alpha value is -1.98. The van der Waals surface area contributed by atoms with Crippen molar-refractivity contribution in [3.63, 3.8) is 0 Å². The number of anilines is 1. The number of hydrogen-bond donors (Lipinski definition) is 0. The number of rotatable bonds is 2. The quantitative estimate of drug-likeness (QED) is 0.701. The van der Waals surface area contributed by atoms with E-state index in [4.69, 9.17) is 9.72 Å². The second-order valence-electron chi connectivity index (χ2n) is 7.10. The largest absolute Gasteiger partial charge is 0.367 e. The van der Waals surface area contributed by atoms with E-state index >= 15 is 0 Å². The van der Waals surface area contributed by atoms with Gasteiger partial charge in [-0.25, -0.2) is 9.97 Å². The maximum Gasteiger partial charge on any atom is 0.141 e. The molecule has 0 N–H and O–H groups in total. The molecule has 1 aliphatic carbocycles. The molecule has 1 aromatic carbocycles. The van der Waals surface area contributed by atoms with Crippen LogP contribution in [-0.4, -0.2) is 29.7 Å². The average Bonchev–Trinajstić information content (AvgIpc) is 3.23. The molecule has 2 aromatic heterocycles. The summed E-state index contributed by atoms with van der Waals surface area (Å²) in [6, 6.07) is 10.5. The molecule has 1 saturated heterocycles. The van der Waals surface area contributed by atoms with E-state index in [2.05, 4.69) is 47.1 Å².